The third-order valence-corrected chi connectivity index (χ3v) is 6.48. The molecule has 1 aliphatic heterocycles. The molecule has 0 saturated carbocycles. The molecule has 35 heavy (non-hydrogen) atoms. The van der Waals surface area contributed by atoms with Crippen molar-refractivity contribution in [2.24, 2.45) is 0 Å². The first-order valence-electron chi connectivity index (χ1n) is 11.6. The van der Waals surface area contributed by atoms with E-state index in [0.29, 0.717) is 41.2 Å². The Bertz CT molecular complexity index is 1430. The van der Waals surface area contributed by atoms with Gasteiger partial charge in [0.25, 0.3) is 11.5 Å². The number of nitriles is 1. The zero-order chi connectivity index (χ0) is 24.4. The maximum absolute atomic E-state index is 13.8. The van der Waals surface area contributed by atoms with Crippen LogP contribution >= 0.6 is 0 Å². The van der Waals surface area contributed by atoms with Gasteiger partial charge in [-0.05, 0) is 48.7 Å². The van der Waals surface area contributed by atoms with Gasteiger partial charge in [-0.25, -0.2) is 4.98 Å². The SMILES string of the molecule is Cc1nc2c(c(=O)n1C(c1ccccc1)c1ccccc1)CCN(C(=O)c1ccc(C#N)cc1)C2. The summed E-state index contributed by atoms with van der Waals surface area (Å²) in [4.78, 5) is 33.4. The van der Waals surface area contributed by atoms with E-state index < -0.39 is 0 Å². The van der Waals surface area contributed by atoms with Crippen molar-refractivity contribution >= 4 is 5.91 Å². The number of aryl methyl sites for hydroxylation is 1. The smallest absolute Gasteiger partial charge is 0.257 e. The van der Waals surface area contributed by atoms with Crippen LogP contribution in [0.3, 0.4) is 0 Å². The fourth-order valence-electron chi connectivity index (χ4n) is 4.73. The predicted octanol–water partition coefficient (Wildman–Crippen LogP) is 4.26. The maximum Gasteiger partial charge on any atom is 0.257 e. The molecular formula is C29H24N4O2. The molecule has 0 N–H and O–H groups in total. The van der Waals surface area contributed by atoms with Crippen LogP contribution in [-0.2, 0) is 13.0 Å². The molecule has 6 heteroatoms. The zero-order valence-electron chi connectivity index (χ0n) is 19.4. The van der Waals surface area contributed by atoms with E-state index in [9.17, 15) is 9.59 Å². The third-order valence-electron chi connectivity index (χ3n) is 6.48. The molecule has 172 valence electrons. The first-order valence-corrected chi connectivity index (χ1v) is 11.6. The predicted molar refractivity (Wildman–Crippen MR) is 133 cm³/mol. The summed E-state index contributed by atoms with van der Waals surface area (Å²) in [6.07, 6.45) is 0.444. The molecule has 0 fully saturated rings. The standard InChI is InChI=1S/C29H24N4O2/c1-20-31-26-19-32(28(34)24-14-12-21(18-30)13-15-24)17-16-25(26)29(35)33(20)27(22-8-4-2-5-9-22)23-10-6-3-7-11-23/h2-15,27H,16-17,19H2,1H3. The Morgan fingerprint density at radius 3 is 2.11 bits per heavy atom. The summed E-state index contributed by atoms with van der Waals surface area (Å²) in [5.41, 5.74) is 4.31. The van der Waals surface area contributed by atoms with Crippen molar-refractivity contribution in [2.75, 3.05) is 6.54 Å². The quantitative estimate of drug-likeness (QED) is 0.456. The molecule has 1 amide bonds. The first-order chi connectivity index (χ1) is 17.1. The van der Waals surface area contributed by atoms with Crippen LogP contribution in [0, 0.1) is 18.3 Å². The van der Waals surface area contributed by atoms with Crippen molar-refractivity contribution in [3.05, 3.63) is 135 Å². The normalized spacial score (nSPS) is 12.8. The van der Waals surface area contributed by atoms with Crippen molar-refractivity contribution in [3.63, 3.8) is 0 Å². The van der Waals surface area contributed by atoms with Crippen molar-refractivity contribution in [3.8, 4) is 6.07 Å². The topological polar surface area (TPSA) is 79.0 Å². The number of hydrogen-bond acceptors (Lipinski definition) is 4. The molecule has 0 unspecified atom stereocenters. The Morgan fingerprint density at radius 2 is 1.54 bits per heavy atom. The van der Waals surface area contributed by atoms with Gasteiger partial charge in [-0.2, -0.15) is 5.26 Å². The van der Waals surface area contributed by atoms with Gasteiger partial charge >= 0.3 is 0 Å². The number of amides is 1. The number of aromatic nitrogens is 2. The summed E-state index contributed by atoms with van der Waals surface area (Å²) < 4.78 is 1.78. The Hall–Kier alpha value is -4.50. The van der Waals surface area contributed by atoms with Gasteiger partial charge in [0.15, 0.2) is 0 Å². The summed E-state index contributed by atoms with van der Waals surface area (Å²) in [5, 5.41) is 9.00. The number of hydrogen-bond donors (Lipinski definition) is 0. The summed E-state index contributed by atoms with van der Waals surface area (Å²) in [6.45, 7) is 2.57. The lowest BCUT2D eigenvalue weighted by atomic mass is 9.97. The first kappa shape index (κ1) is 22.3. The molecule has 0 aliphatic carbocycles. The number of benzene rings is 3. The molecule has 6 nitrogen and oxygen atoms in total. The van der Waals surface area contributed by atoms with Crippen LogP contribution < -0.4 is 5.56 Å². The number of nitrogens with zero attached hydrogens (tertiary/aromatic N) is 4. The molecule has 0 radical (unpaired) electrons. The van der Waals surface area contributed by atoms with Gasteiger partial charge in [-0.3, -0.25) is 14.2 Å². The zero-order valence-corrected chi connectivity index (χ0v) is 19.4. The molecule has 1 aromatic heterocycles. The fourth-order valence-corrected chi connectivity index (χ4v) is 4.73. The Balaban J connectivity index is 1.52. The van der Waals surface area contributed by atoms with Crippen LogP contribution in [-0.4, -0.2) is 26.9 Å². The second-order valence-corrected chi connectivity index (χ2v) is 8.65. The molecule has 4 aromatic rings. The van der Waals surface area contributed by atoms with Crippen molar-refractivity contribution in [1.29, 1.82) is 5.26 Å². The molecule has 1 aliphatic rings. The number of fused-ring (bicyclic) bond motifs is 1. The van der Waals surface area contributed by atoms with Crippen LogP contribution in [0.1, 0.15) is 50.2 Å². The molecule has 3 aromatic carbocycles. The summed E-state index contributed by atoms with van der Waals surface area (Å²) in [5.74, 6) is 0.481. The van der Waals surface area contributed by atoms with E-state index >= 15 is 0 Å². The largest absolute Gasteiger partial charge is 0.332 e. The molecule has 0 bridgehead atoms. The lowest BCUT2D eigenvalue weighted by Crippen LogP contribution is -2.42. The van der Waals surface area contributed by atoms with Crippen molar-refractivity contribution in [1.82, 2.24) is 14.5 Å². The lowest BCUT2D eigenvalue weighted by Gasteiger charge is -2.30. The van der Waals surface area contributed by atoms with Gasteiger partial charge in [-0.15, -0.1) is 0 Å². The molecule has 5 rings (SSSR count). The minimum Gasteiger partial charge on any atom is -0.332 e. The van der Waals surface area contributed by atoms with Gasteiger partial charge in [0, 0.05) is 17.7 Å². The monoisotopic (exact) mass is 460 g/mol. The van der Waals surface area contributed by atoms with Crippen LogP contribution in [0.2, 0.25) is 0 Å². The number of rotatable bonds is 4. The second kappa shape index (κ2) is 9.40. The van der Waals surface area contributed by atoms with Crippen LogP contribution in [0.5, 0.6) is 0 Å². The minimum atomic E-state index is -0.291. The summed E-state index contributed by atoms with van der Waals surface area (Å²) in [7, 11) is 0. The number of carbonyl (C=O) groups is 1. The van der Waals surface area contributed by atoms with E-state index in [1.54, 1.807) is 33.7 Å². The molecule has 2 heterocycles. The summed E-state index contributed by atoms with van der Waals surface area (Å²) >= 11 is 0. The highest BCUT2D eigenvalue weighted by molar-refractivity contribution is 5.94. The van der Waals surface area contributed by atoms with Crippen LogP contribution in [0.25, 0.3) is 0 Å². The maximum atomic E-state index is 13.8. The van der Waals surface area contributed by atoms with Gasteiger partial charge < -0.3 is 4.90 Å². The van der Waals surface area contributed by atoms with Gasteiger partial charge in [0.2, 0.25) is 0 Å². The van der Waals surface area contributed by atoms with E-state index in [4.69, 9.17) is 10.2 Å². The highest BCUT2D eigenvalue weighted by atomic mass is 16.2. The van der Waals surface area contributed by atoms with E-state index in [2.05, 4.69) is 6.07 Å². The minimum absolute atomic E-state index is 0.0596. The molecular weight excluding hydrogens is 436 g/mol. The summed E-state index contributed by atoms with van der Waals surface area (Å²) in [6, 6.07) is 28.3. The van der Waals surface area contributed by atoms with Crippen LogP contribution in [0.15, 0.2) is 89.7 Å². The molecule has 0 spiro atoms. The van der Waals surface area contributed by atoms with Gasteiger partial charge in [0.05, 0.1) is 29.9 Å². The van der Waals surface area contributed by atoms with Crippen molar-refractivity contribution < 1.29 is 4.79 Å². The highest BCUT2D eigenvalue weighted by Gasteiger charge is 2.28. The lowest BCUT2D eigenvalue weighted by molar-refractivity contribution is 0.0730. The second-order valence-electron chi connectivity index (χ2n) is 8.65. The van der Waals surface area contributed by atoms with E-state index in [1.165, 1.54) is 0 Å². The Morgan fingerprint density at radius 1 is 0.943 bits per heavy atom. The molecule has 0 atom stereocenters. The Kier molecular flexibility index (Phi) is 5.99. The number of carbonyl (C=O) groups excluding carboxylic acids is 1. The van der Waals surface area contributed by atoms with Gasteiger partial charge in [-0.1, -0.05) is 60.7 Å². The van der Waals surface area contributed by atoms with Gasteiger partial charge in [0.1, 0.15) is 5.82 Å². The third kappa shape index (κ3) is 4.24. The van der Waals surface area contributed by atoms with Crippen LogP contribution in [0.4, 0.5) is 0 Å². The highest BCUT2D eigenvalue weighted by Crippen LogP contribution is 2.27. The average Bonchev–Trinajstić information content (AvgIpc) is 2.91. The van der Waals surface area contributed by atoms with Crippen molar-refractivity contribution in [2.45, 2.75) is 25.9 Å². The van der Waals surface area contributed by atoms with E-state index in [0.717, 1.165) is 11.1 Å². The van der Waals surface area contributed by atoms with E-state index in [-0.39, 0.29) is 24.1 Å². The average molecular weight is 461 g/mol. The van der Waals surface area contributed by atoms with E-state index in [1.807, 2.05) is 67.6 Å². The fraction of sp³-hybridized carbons (Fsp3) is 0.172. The molecule has 0 saturated heterocycles. The Labute approximate surface area is 203 Å².